The number of carbonyl (C=O) groups is 3. The van der Waals surface area contributed by atoms with Gasteiger partial charge in [0.05, 0.1) is 18.8 Å². The van der Waals surface area contributed by atoms with Gasteiger partial charge in [-0.3, -0.25) is 37.8 Å². The number of aromatic hydroxyl groups is 1. The number of hydrogen-bond donors (Lipinski definition) is 12. The Morgan fingerprint density at radius 1 is 0.817 bits per heavy atom. The van der Waals surface area contributed by atoms with E-state index in [-0.39, 0.29) is 58.6 Å². The number of nitrogens with zero attached hydrogens (tertiary/aromatic N) is 1. The summed E-state index contributed by atoms with van der Waals surface area (Å²) in [6, 6.07) is 11.3. The molecule has 2 aromatic carbocycles. The van der Waals surface area contributed by atoms with Crippen molar-refractivity contribution >= 4 is 44.4 Å². The summed E-state index contributed by atoms with van der Waals surface area (Å²) in [6.45, 7) is -2.02. The fraction of sp³-hybridized carbons (Fsp3) is 0.381. The third-order valence-corrected chi connectivity index (χ3v) is 13.9. The van der Waals surface area contributed by atoms with Gasteiger partial charge in [-0.25, -0.2) is 18.7 Å². The van der Waals surface area contributed by atoms with Crippen LogP contribution in [0, 0.1) is 0 Å². The normalized spacial score (nSPS) is 25.1. The number of phenols is 1. The fourth-order valence-corrected chi connectivity index (χ4v) is 10.1. The molecule has 3 aliphatic heterocycles. The van der Waals surface area contributed by atoms with E-state index >= 15 is 0 Å². The van der Waals surface area contributed by atoms with Crippen molar-refractivity contribution in [3.05, 3.63) is 109 Å². The second-order valence-corrected chi connectivity index (χ2v) is 19.2. The van der Waals surface area contributed by atoms with Gasteiger partial charge in [-0.2, -0.15) is 4.31 Å². The minimum atomic E-state index is -5.82. The number of hydrogen-bond acceptors (Lipinski definition) is 20. The number of amides is 2. The van der Waals surface area contributed by atoms with E-state index < -0.39 is 113 Å². The average molecular weight is 1040 g/mol. The number of phosphoric acid groups is 2. The van der Waals surface area contributed by atoms with Crippen LogP contribution in [0.3, 0.4) is 0 Å². The number of carboxylic acid groups (broad SMARTS) is 1. The number of phosphoric ester groups is 2. The maximum Gasteiger partial charge on any atom is 0.483 e. The van der Waals surface area contributed by atoms with Gasteiger partial charge in [-0.15, -0.1) is 0 Å². The van der Waals surface area contributed by atoms with E-state index in [1.165, 1.54) is 54.6 Å². The molecule has 2 amide bonds. The highest BCUT2D eigenvalue weighted by Gasteiger charge is 2.50. The molecule has 7 rings (SSSR count). The molecular weight excluding hydrogens is 990 g/mol. The summed E-state index contributed by atoms with van der Waals surface area (Å²) >= 11 is 0. The number of carbonyl (C=O) groups excluding carboxylic acids is 2. The number of aromatic carboxylic acids is 1. The number of rotatable bonds is 19. The second kappa shape index (κ2) is 21.8. The Morgan fingerprint density at radius 3 is 2.27 bits per heavy atom. The lowest BCUT2D eigenvalue weighted by Gasteiger charge is -2.42. The smallest absolute Gasteiger partial charge is 0.483 e. The highest BCUT2D eigenvalue weighted by atomic mass is 31.3. The van der Waals surface area contributed by atoms with Crippen LogP contribution in [0.2, 0.25) is 0 Å². The number of aliphatic hydroxyl groups is 5. The van der Waals surface area contributed by atoms with Gasteiger partial charge < -0.3 is 70.1 Å². The van der Waals surface area contributed by atoms with Gasteiger partial charge in [0, 0.05) is 59.4 Å². The number of phenolic OH excluding ortho intramolecular Hbond substituents is 1. The van der Waals surface area contributed by atoms with E-state index in [4.69, 9.17) is 18.4 Å². The first kappa shape index (κ1) is 52.8. The zero-order valence-corrected chi connectivity index (χ0v) is 38.4. The third kappa shape index (κ3) is 12.2. The highest BCUT2D eigenvalue weighted by molar-refractivity contribution is 7.61. The van der Waals surface area contributed by atoms with E-state index in [0.717, 1.165) is 12.3 Å². The van der Waals surface area contributed by atoms with Crippen molar-refractivity contribution in [3.8, 4) is 28.2 Å². The maximum absolute atomic E-state index is 13.2. The summed E-state index contributed by atoms with van der Waals surface area (Å²) in [4.78, 5) is 97.1. The van der Waals surface area contributed by atoms with Crippen LogP contribution in [0.15, 0.2) is 85.7 Å². The Kier molecular flexibility index (Phi) is 16.2. The Hall–Kier alpha value is -6.00. The molecule has 0 bridgehead atoms. The lowest BCUT2D eigenvalue weighted by molar-refractivity contribution is -0.248. The molecule has 29 heteroatoms. The first-order valence-electron chi connectivity index (χ1n) is 21.4. The number of fused-ring (bicyclic) bond motifs is 2. The molecule has 2 saturated heterocycles. The van der Waals surface area contributed by atoms with Crippen LogP contribution < -0.4 is 27.3 Å². The van der Waals surface area contributed by atoms with E-state index in [1.807, 2.05) is 4.98 Å². The molecule has 1 aromatic heterocycles. The summed E-state index contributed by atoms with van der Waals surface area (Å²) in [5.41, 5.74) is -1.26. The molecule has 2 unspecified atom stereocenters. The lowest BCUT2D eigenvalue weighted by Crippen LogP contribution is -2.64. The van der Waals surface area contributed by atoms with Crippen LogP contribution in [-0.4, -0.2) is 142 Å². The van der Waals surface area contributed by atoms with E-state index in [0.29, 0.717) is 33.9 Å². The Balaban J connectivity index is 0.912. The Morgan fingerprint density at radius 2 is 1.55 bits per heavy atom. The fourth-order valence-electron chi connectivity index (χ4n) is 7.90. The first-order valence-corrected chi connectivity index (χ1v) is 24.4. The van der Waals surface area contributed by atoms with Crippen molar-refractivity contribution in [2.24, 2.45) is 0 Å². The Labute approximate surface area is 398 Å². The maximum atomic E-state index is 13.2. The van der Waals surface area contributed by atoms with E-state index in [9.17, 15) is 83.4 Å². The second-order valence-electron chi connectivity index (χ2n) is 16.2. The molecule has 4 heterocycles. The topological polar surface area (TPSA) is 423 Å². The molecule has 27 nitrogen and oxygen atoms in total. The molecule has 71 heavy (non-hydrogen) atoms. The van der Waals surface area contributed by atoms with Gasteiger partial charge in [0.25, 0.3) is 11.5 Å². The van der Waals surface area contributed by atoms with Crippen molar-refractivity contribution in [3.63, 3.8) is 0 Å². The van der Waals surface area contributed by atoms with Crippen molar-refractivity contribution < 1.29 is 96.3 Å². The van der Waals surface area contributed by atoms with E-state index in [2.05, 4.69) is 19.5 Å². The number of unbranched alkanes of at least 4 members (excludes halogenated alkanes) is 2. The van der Waals surface area contributed by atoms with Gasteiger partial charge in [0.15, 0.2) is 17.9 Å². The van der Waals surface area contributed by atoms with Crippen molar-refractivity contribution in [2.75, 3.05) is 19.8 Å². The number of ether oxygens (including phenoxy) is 2. The standard InChI is InChI=1S/C42H46N4O23P2/c47-17-28-34(52)36(54)33(41(67-28)68-71(62,63)69-70(60,61)64-18-29-35(53)37(55)39(66-29)46-13-11-31(51)45-42(46)59)44-30(50)4-2-1-3-12-43-38(56)19-5-8-22(25(14-19)40(57)58)32-23-9-6-20(48)15-26(23)65-27-16-21(49)7-10-24(27)32/h5-11,13-16,28-29,33-37,39,41,47-48,52-55H,1-4,12,17-18H2,(H,43,56)(H,44,50)(H,57,58)(H,60,61)(H,62,63)(H,45,51,59)/t28-,29-,33-,34-,35-,36-,37-,39-,41-/m1/s1. The zero-order valence-electron chi connectivity index (χ0n) is 36.6. The molecule has 1 aliphatic carbocycles. The lowest BCUT2D eigenvalue weighted by atomic mass is 9.90. The number of carboxylic acids is 1. The van der Waals surface area contributed by atoms with Crippen LogP contribution in [0.25, 0.3) is 33.4 Å². The molecule has 2 fully saturated rings. The number of nitrogens with one attached hydrogen (secondary N) is 3. The summed E-state index contributed by atoms with van der Waals surface area (Å²) in [5.74, 6) is -2.80. The highest BCUT2D eigenvalue weighted by Crippen LogP contribution is 2.61. The molecule has 3 aromatic rings. The molecule has 11 atom stereocenters. The number of aromatic nitrogens is 2. The molecule has 0 saturated carbocycles. The SMILES string of the molecule is O=C(CCCCCNC(=O)c1ccc(-c2c3ccc(=O)cc-3oc3cc(O)ccc23)c(C(=O)O)c1)N[C@H]1[C@@H](OP(=O)(O)OP(=O)(O)OC[C@H]2O[C@@H](n3ccc(=O)[nH]c3=O)[C@H](O)[C@@H]2O)O[C@H](CO)[C@@H](O)[C@@H]1O. The molecular formula is C42H46N4O23P2. The predicted octanol–water partition coefficient (Wildman–Crippen LogP) is -0.397. The quantitative estimate of drug-likeness (QED) is 0.0284. The number of aliphatic hydroxyl groups excluding tert-OH is 5. The molecule has 12 N–H and O–H groups in total. The van der Waals surface area contributed by atoms with Gasteiger partial charge in [-0.1, -0.05) is 12.5 Å². The summed E-state index contributed by atoms with van der Waals surface area (Å²) in [5, 5.41) is 77.4. The summed E-state index contributed by atoms with van der Waals surface area (Å²) < 4.78 is 56.8. The summed E-state index contributed by atoms with van der Waals surface area (Å²) in [6.07, 6.45) is -13.4. The number of aromatic amines is 1. The Bertz CT molecular complexity index is 3050. The van der Waals surface area contributed by atoms with Crippen molar-refractivity contribution in [2.45, 2.75) is 80.9 Å². The van der Waals surface area contributed by atoms with Crippen LogP contribution >= 0.6 is 15.6 Å². The zero-order chi connectivity index (χ0) is 51.5. The average Bonchev–Trinajstić information content (AvgIpc) is 3.58. The van der Waals surface area contributed by atoms with Gasteiger partial charge >= 0.3 is 27.3 Å². The number of benzene rings is 3. The van der Waals surface area contributed by atoms with Crippen LogP contribution in [-0.2, 0) is 36.8 Å². The largest absolute Gasteiger partial charge is 0.508 e. The van der Waals surface area contributed by atoms with Gasteiger partial charge in [0.2, 0.25) is 5.91 Å². The molecule has 0 spiro atoms. The van der Waals surface area contributed by atoms with Crippen LogP contribution in [0.4, 0.5) is 0 Å². The molecule has 0 radical (unpaired) electrons. The van der Waals surface area contributed by atoms with E-state index in [1.54, 1.807) is 0 Å². The van der Waals surface area contributed by atoms with Gasteiger partial charge in [-0.05, 0) is 54.8 Å². The van der Waals surface area contributed by atoms with Gasteiger partial charge in [0.1, 0.15) is 59.8 Å². The minimum absolute atomic E-state index is 0.000383. The van der Waals surface area contributed by atoms with Crippen LogP contribution in [0.1, 0.15) is 52.6 Å². The first-order chi connectivity index (χ1) is 33.6. The van der Waals surface area contributed by atoms with Crippen molar-refractivity contribution in [1.29, 1.82) is 0 Å². The summed E-state index contributed by atoms with van der Waals surface area (Å²) in [7, 11) is -11.5. The monoisotopic (exact) mass is 1040 g/mol. The molecule has 382 valence electrons. The van der Waals surface area contributed by atoms with Crippen LogP contribution in [0.5, 0.6) is 5.75 Å². The minimum Gasteiger partial charge on any atom is -0.508 e. The molecule has 4 aliphatic rings. The predicted molar refractivity (Wildman–Crippen MR) is 239 cm³/mol. The van der Waals surface area contributed by atoms with Crippen molar-refractivity contribution in [1.82, 2.24) is 20.2 Å². The third-order valence-electron chi connectivity index (χ3n) is 11.3. The number of H-pyrrole nitrogens is 1.